The zero-order valence-corrected chi connectivity index (χ0v) is 21.0. The molecule has 8 heteroatoms. The molecule has 2 rings (SSSR count). The second-order valence-electron chi connectivity index (χ2n) is 7.71. The van der Waals surface area contributed by atoms with Gasteiger partial charge >= 0.3 is 0 Å². The van der Waals surface area contributed by atoms with Crippen molar-refractivity contribution < 1.29 is 19.7 Å². The van der Waals surface area contributed by atoms with Gasteiger partial charge in [-0.3, -0.25) is 9.69 Å². The fraction of sp³-hybridized carbons (Fsp3) is 0.542. The molecule has 178 valence electrons. The minimum Gasteiger partial charge on any atom is -0.369 e. The Kier molecular flexibility index (Phi) is 15.7. The second-order valence-corrected chi connectivity index (χ2v) is 9.39. The maximum absolute atomic E-state index is 11.4. The predicted octanol–water partition coefficient (Wildman–Crippen LogP) is 4.11. The summed E-state index contributed by atoms with van der Waals surface area (Å²) in [5.41, 5.74) is 6.90. The summed E-state index contributed by atoms with van der Waals surface area (Å²) >= 11 is 2.17. The number of rotatable bonds is 8. The third-order valence-corrected chi connectivity index (χ3v) is 5.20. The number of nitrogens with zero attached hydrogens (tertiary/aromatic N) is 1. The summed E-state index contributed by atoms with van der Waals surface area (Å²) in [5.74, 6) is 3.95. The van der Waals surface area contributed by atoms with E-state index < -0.39 is 11.7 Å². The zero-order chi connectivity index (χ0) is 23.3. The number of halogens is 1. The molecular weight excluding hydrogens is 539 g/mol. The second kappa shape index (κ2) is 16.4. The molecule has 1 heterocycles. The van der Waals surface area contributed by atoms with E-state index in [0.29, 0.717) is 12.1 Å². The summed E-state index contributed by atoms with van der Waals surface area (Å²) in [6, 6.07) is 7.40. The Morgan fingerprint density at radius 1 is 1.41 bits per heavy atom. The van der Waals surface area contributed by atoms with E-state index in [1.165, 1.54) is 22.8 Å². The minimum absolute atomic E-state index is 0. The maximum Gasteiger partial charge on any atom is 0.248 e. The van der Waals surface area contributed by atoms with E-state index in [4.69, 9.17) is 27.1 Å². The summed E-state index contributed by atoms with van der Waals surface area (Å²) < 4.78 is 6.21. The van der Waals surface area contributed by atoms with Gasteiger partial charge < -0.3 is 20.7 Å². The van der Waals surface area contributed by atoms with E-state index in [2.05, 4.69) is 43.2 Å². The lowest BCUT2D eigenvalue weighted by Crippen LogP contribution is -2.33. The van der Waals surface area contributed by atoms with Gasteiger partial charge in [0.05, 0.1) is 18.8 Å². The van der Waals surface area contributed by atoms with Gasteiger partial charge in [0.2, 0.25) is 5.91 Å². The van der Waals surface area contributed by atoms with Crippen molar-refractivity contribution in [1.82, 2.24) is 4.90 Å². The van der Waals surface area contributed by atoms with Crippen LogP contribution in [0.1, 0.15) is 69.0 Å². The lowest BCUT2D eigenvalue weighted by atomic mass is 10.0. The average molecular weight is 575 g/mol. The molecule has 2 unspecified atom stereocenters. The topological polar surface area (TPSA) is 96.0 Å². The van der Waals surface area contributed by atoms with Crippen LogP contribution in [0.5, 0.6) is 0 Å². The molecule has 32 heavy (non-hydrogen) atoms. The number of nitrogens with two attached hydrogens (primary N) is 1. The molecule has 1 aromatic rings. The first-order valence-electron chi connectivity index (χ1n) is 10.0. The number of hydrogen-bond acceptors (Lipinski definition) is 6. The van der Waals surface area contributed by atoms with Crippen LogP contribution in [-0.2, 0) is 4.74 Å². The molecule has 1 fully saturated rings. The Hall–Kier alpha value is -1.27. The van der Waals surface area contributed by atoms with Crippen molar-refractivity contribution in [3.05, 3.63) is 35.4 Å². The number of ether oxygens (including phenoxy) is 1. The number of amides is 1. The van der Waals surface area contributed by atoms with Crippen molar-refractivity contribution in [2.45, 2.75) is 65.0 Å². The quantitative estimate of drug-likeness (QED) is 0.187. The monoisotopic (exact) mass is 574 g/mol. The highest BCUT2D eigenvalue weighted by Gasteiger charge is 2.28. The van der Waals surface area contributed by atoms with E-state index in [9.17, 15) is 4.79 Å². The van der Waals surface area contributed by atoms with Crippen molar-refractivity contribution in [2.24, 2.45) is 5.73 Å². The molecule has 0 saturated carbocycles. The van der Waals surface area contributed by atoms with Crippen LogP contribution in [-0.4, -0.2) is 52.5 Å². The number of primary amides is 1. The van der Waals surface area contributed by atoms with E-state index in [1.807, 2.05) is 18.2 Å². The first-order valence-corrected chi connectivity index (χ1v) is 13.4. The summed E-state index contributed by atoms with van der Waals surface area (Å²) in [6.07, 6.45) is 9.48. The summed E-state index contributed by atoms with van der Waals surface area (Å²) in [7, 11) is 1.51. The van der Waals surface area contributed by atoms with Gasteiger partial charge in [0.1, 0.15) is 0 Å². The molecule has 2 atom stereocenters. The molecule has 0 radical (unpaired) electrons. The van der Waals surface area contributed by atoms with Crippen LogP contribution in [0.25, 0.3) is 0 Å². The highest BCUT2D eigenvalue weighted by Crippen LogP contribution is 2.33. The highest BCUT2D eigenvalue weighted by atomic mass is 127. The van der Waals surface area contributed by atoms with Crippen LogP contribution in [0.4, 0.5) is 0 Å². The fourth-order valence-corrected chi connectivity index (χ4v) is 3.72. The van der Waals surface area contributed by atoms with Crippen LogP contribution in [0.2, 0.25) is 0 Å². The molecule has 1 aromatic carbocycles. The van der Waals surface area contributed by atoms with Crippen LogP contribution < -0.4 is 5.73 Å². The molecule has 0 spiro atoms. The molecular formula is C24H35IN2O4S. The van der Waals surface area contributed by atoms with Crippen molar-refractivity contribution in [2.75, 3.05) is 19.6 Å². The molecule has 0 bridgehead atoms. The molecule has 0 aromatic heterocycles. The number of unbranched alkanes of at least 4 members (excludes halogenated alkanes) is 1. The van der Waals surface area contributed by atoms with E-state index >= 15 is 0 Å². The normalized spacial score (nSPS) is 17.3. The summed E-state index contributed by atoms with van der Waals surface area (Å²) in [4.78, 5) is 13.6. The Bertz CT molecular complexity index is 790. The van der Waals surface area contributed by atoms with Gasteiger partial charge in [-0.15, -0.1) is 6.42 Å². The number of hydrogen-bond donors (Lipinski definition) is 3. The minimum atomic E-state index is -1.50. The van der Waals surface area contributed by atoms with E-state index in [-0.39, 0.29) is 19.6 Å². The third-order valence-electron chi connectivity index (χ3n) is 4.31. The third kappa shape index (κ3) is 14.0. The first kappa shape index (κ1) is 30.7. The Balaban J connectivity index is 0.00000144. The number of carbonyl (C=O) groups is 1. The SMILES string of the molecule is C.C#CCN(CCCC#CSI)CC1CCC(c2cccc(C(N)=O)c2)O1.CC(C)(O)O. The largest absolute Gasteiger partial charge is 0.369 e. The van der Waals surface area contributed by atoms with E-state index in [1.54, 1.807) is 6.07 Å². The van der Waals surface area contributed by atoms with Crippen LogP contribution >= 0.6 is 30.1 Å². The molecule has 1 saturated heterocycles. The smallest absolute Gasteiger partial charge is 0.248 e. The van der Waals surface area contributed by atoms with Crippen molar-refractivity contribution in [1.29, 1.82) is 0 Å². The zero-order valence-electron chi connectivity index (χ0n) is 18.0. The predicted molar refractivity (Wildman–Crippen MR) is 141 cm³/mol. The molecule has 1 aliphatic rings. The van der Waals surface area contributed by atoms with Gasteiger partial charge in [0.25, 0.3) is 0 Å². The van der Waals surface area contributed by atoms with Crippen LogP contribution in [0.15, 0.2) is 24.3 Å². The van der Waals surface area contributed by atoms with Gasteiger partial charge in [-0.05, 0) is 65.0 Å². The fourth-order valence-electron chi connectivity index (χ4n) is 3.10. The standard InChI is InChI=1S/C20H23IN2O2S.C3H8O2.CH4/c1-2-11-23(12-4-3-5-13-26-21)15-18-9-10-19(25-18)16-7-6-8-17(14-16)20(22)24;1-3(2,4)5;/h1,6-8,14,18-19H,3-4,9-12,15H2,(H2,22,24);4-5H,1-2H3;1H4. The number of aliphatic hydroxyl groups is 2. The average Bonchev–Trinajstić information content (AvgIpc) is 3.15. The van der Waals surface area contributed by atoms with Crippen molar-refractivity contribution in [3.63, 3.8) is 0 Å². The van der Waals surface area contributed by atoms with Gasteiger partial charge in [-0.25, -0.2) is 0 Å². The first-order chi connectivity index (χ1) is 14.6. The highest BCUT2D eigenvalue weighted by molar-refractivity contribution is 14.2. The lowest BCUT2D eigenvalue weighted by Gasteiger charge is -2.23. The molecule has 4 N–H and O–H groups in total. The lowest BCUT2D eigenvalue weighted by molar-refractivity contribution is -0.127. The molecule has 1 aliphatic heterocycles. The van der Waals surface area contributed by atoms with Crippen molar-refractivity contribution in [3.8, 4) is 23.5 Å². The number of terminal acetylenes is 1. The Morgan fingerprint density at radius 3 is 2.69 bits per heavy atom. The summed E-state index contributed by atoms with van der Waals surface area (Å²) in [5, 5.41) is 19.2. The van der Waals surface area contributed by atoms with Crippen LogP contribution in [0, 0.1) is 23.5 Å². The van der Waals surface area contributed by atoms with Gasteiger partial charge in [-0.1, -0.05) is 31.4 Å². The summed E-state index contributed by atoms with van der Waals surface area (Å²) in [6.45, 7) is 4.97. The van der Waals surface area contributed by atoms with Gasteiger partial charge in [-0.2, -0.15) is 0 Å². The van der Waals surface area contributed by atoms with Crippen LogP contribution in [0.3, 0.4) is 0 Å². The Labute approximate surface area is 209 Å². The number of carbonyl (C=O) groups excluding carboxylic acids is 1. The van der Waals surface area contributed by atoms with Crippen molar-refractivity contribution >= 4 is 36.0 Å². The van der Waals surface area contributed by atoms with E-state index in [0.717, 1.165) is 44.3 Å². The molecule has 6 nitrogen and oxygen atoms in total. The van der Waals surface area contributed by atoms with Gasteiger partial charge in [0, 0.05) is 46.3 Å². The maximum atomic E-state index is 11.4. The Morgan fingerprint density at radius 2 is 2.09 bits per heavy atom. The van der Waals surface area contributed by atoms with Gasteiger partial charge in [0.15, 0.2) is 5.79 Å². The molecule has 1 amide bonds. The molecule has 0 aliphatic carbocycles. The number of benzene rings is 1.